The minimum absolute atomic E-state index is 0.0357. The van der Waals surface area contributed by atoms with Gasteiger partial charge in [-0.3, -0.25) is 9.78 Å². The van der Waals surface area contributed by atoms with Crippen molar-refractivity contribution in [2.45, 2.75) is 6.18 Å². The Hall–Kier alpha value is -2.81. The minimum atomic E-state index is -4.64. The summed E-state index contributed by atoms with van der Waals surface area (Å²) in [5.41, 5.74) is 0.799. The number of halogens is 5. The molecule has 0 saturated heterocycles. The Balaban J connectivity index is 1.93. The van der Waals surface area contributed by atoms with E-state index < -0.39 is 22.7 Å². The van der Waals surface area contributed by atoms with Crippen LogP contribution in [0.1, 0.15) is 15.9 Å². The number of pyridine rings is 1. The Morgan fingerprint density at radius 2 is 1.88 bits per heavy atom. The summed E-state index contributed by atoms with van der Waals surface area (Å²) >= 11 is 11.9. The maximum absolute atomic E-state index is 13.1. The van der Waals surface area contributed by atoms with Crippen molar-refractivity contribution >= 4 is 40.5 Å². The third-order valence-electron chi connectivity index (χ3n) is 4.45. The molecule has 0 aliphatic heterocycles. The number of hydrogen-bond acceptors (Lipinski definition) is 4. The zero-order chi connectivity index (χ0) is 23.3. The first-order chi connectivity index (χ1) is 15.2. The van der Waals surface area contributed by atoms with Crippen LogP contribution in [0.15, 0.2) is 54.7 Å². The molecule has 0 bridgehead atoms. The first-order valence-electron chi connectivity index (χ1n) is 9.36. The molecule has 32 heavy (non-hydrogen) atoms. The van der Waals surface area contributed by atoms with Crippen LogP contribution in [0.2, 0.25) is 10.0 Å². The molecule has 0 aliphatic rings. The quantitative estimate of drug-likeness (QED) is 0.382. The topological polar surface area (TPSA) is 63.2 Å². The van der Waals surface area contributed by atoms with Gasteiger partial charge in [-0.2, -0.15) is 13.2 Å². The van der Waals surface area contributed by atoms with Gasteiger partial charge in [-0.05, 0) is 42.5 Å². The highest BCUT2D eigenvalue weighted by Gasteiger charge is 2.33. The van der Waals surface area contributed by atoms with Crippen molar-refractivity contribution in [1.82, 2.24) is 4.98 Å². The Morgan fingerprint density at radius 1 is 1.09 bits per heavy atom. The molecular formula is C22H18Cl2F3N3O2. The molecule has 2 aromatic carbocycles. The Bertz CT molecular complexity index is 1120. The van der Waals surface area contributed by atoms with Gasteiger partial charge in [-0.15, -0.1) is 0 Å². The first-order valence-corrected chi connectivity index (χ1v) is 10.1. The van der Waals surface area contributed by atoms with Gasteiger partial charge in [0.25, 0.3) is 5.91 Å². The van der Waals surface area contributed by atoms with Crippen LogP contribution >= 0.6 is 23.2 Å². The fraction of sp³-hybridized carbons (Fsp3) is 0.182. The van der Waals surface area contributed by atoms with Crippen LogP contribution in [0.5, 0.6) is 0 Å². The van der Waals surface area contributed by atoms with Gasteiger partial charge in [0.2, 0.25) is 0 Å². The second kappa shape index (κ2) is 10.2. The van der Waals surface area contributed by atoms with Crippen molar-refractivity contribution in [1.29, 1.82) is 0 Å². The lowest BCUT2D eigenvalue weighted by Gasteiger charge is -2.15. The summed E-state index contributed by atoms with van der Waals surface area (Å²) in [5, 5.41) is 5.57. The van der Waals surface area contributed by atoms with Crippen LogP contribution in [0, 0.1) is 0 Å². The molecule has 1 amide bonds. The highest BCUT2D eigenvalue weighted by Crippen LogP contribution is 2.36. The van der Waals surface area contributed by atoms with E-state index in [1.54, 1.807) is 36.5 Å². The van der Waals surface area contributed by atoms with Crippen molar-refractivity contribution in [3.63, 3.8) is 0 Å². The predicted octanol–water partition coefficient (Wildman–Crippen LogP) is 6.38. The SMILES string of the molecule is COCCNc1cc(-c2ncccc2Cl)ccc1C(=O)Nc1ccc(Cl)c(C(F)(F)F)c1. The minimum Gasteiger partial charge on any atom is -0.383 e. The fourth-order valence-electron chi connectivity index (χ4n) is 2.94. The summed E-state index contributed by atoms with van der Waals surface area (Å²) in [4.78, 5) is 17.2. The van der Waals surface area contributed by atoms with E-state index in [4.69, 9.17) is 27.9 Å². The van der Waals surface area contributed by atoms with E-state index in [9.17, 15) is 18.0 Å². The lowest BCUT2D eigenvalue weighted by atomic mass is 10.0. The van der Waals surface area contributed by atoms with E-state index >= 15 is 0 Å². The molecule has 0 atom stereocenters. The standard InChI is InChI=1S/C22H18Cl2F3N3O2/c1-32-10-9-28-19-11-13(20-18(24)3-2-8-29-20)4-6-15(19)21(31)30-14-5-7-17(23)16(12-14)22(25,26)27/h2-8,11-12,28H,9-10H2,1H3,(H,30,31). The number of ether oxygens (including phenoxy) is 1. The van der Waals surface area contributed by atoms with E-state index in [1.807, 2.05) is 0 Å². The van der Waals surface area contributed by atoms with Gasteiger partial charge in [-0.1, -0.05) is 29.3 Å². The van der Waals surface area contributed by atoms with Crippen molar-refractivity contribution < 1.29 is 22.7 Å². The van der Waals surface area contributed by atoms with Crippen LogP contribution in [0.4, 0.5) is 24.5 Å². The maximum atomic E-state index is 13.1. The molecule has 0 spiro atoms. The lowest BCUT2D eigenvalue weighted by Crippen LogP contribution is -2.17. The first kappa shape index (κ1) is 23.8. The van der Waals surface area contributed by atoms with Crippen molar-refractivity contribution in [2.24, 2.45) is 0 Å². The monoisotopic (exact) mass is 483 g/mol. The Morgan fingerprint density at radius 3 is 2.56 bits per heavy atom. The third kappa shape index (κ3) is 5.70. The van der Waals surface area contributed by atoms with Gasteiger partial charge < -0.3 is 15.4 Å². The lowest BCUT2D eigenvalue weighted by molar-refractivity contribution is -0.137. The van der Waals surface area contributed by atoms with E-state index in [0.29, 0.717) is 35.1 Å². The molecule has 10 heteroatoms. The van der Waals surface area contributed by atoms with Crippen molar-refractivity contribution in [3.05, 3.63) is 75.9 Å². The van der Waals surface area contributed by atoms with Gasteiger partial charge in [0.05, 0.1) is 33.5 Å². The molecule has 0 radical (unpaired) electrons. The number of rotatable bonds is 7. The molecule has 0 unspecified atom stereocenters. The second-order valence-electron chi connectivity index (χ2n) is 6.66. The Labute approximate surface area is 192 Å². The van der Waals surface area contributed by atoms with Gasteiger partial charge in [0, 0.05) is 36.8 Å². The molecule has 2 N–H and O–H groups in total. The molecule has 3 aromatic rings. The summed E-state index contributed by atoms with van der Waals surface area (Å²) in [7, 11) is 1.54. The Kier molecular flexibility index (Phi) is 7.60. The second-order valence-corrected chi connectivity index (χ2v) is 7.47. The number of benzene rings is 2. The number of hydrogen-bond donors (Lipinski definition) is 2. The summed E-state index contributed by atoms with van der Waals surface area (Å²) in [5.74, 6) is -0.598. The fourth-order valence-corrected chi connectivity index (χ4v) is 3.40. The number of carbonyl (C=O) groups excluding carboxylic acids is 1. The summed E-state index contributed by atoms with van der Waals surface area (Å²) in [6.07, 6.45) is -3.05. The average molecular weight is 484 g/mol. The number of alkyl halides is 3. The summed E-state index contributed by atoms with van der Waals surface area (Å²) in [6.45, 7) is 0.775. The third-order valence-corrected chi connectivity index (χ3v) is 5.08. The number of amides is 1. The molecule has 3 rings (SSSR count). The van der Waals surface area contributed by atoms with Gasteiger partial charge in [-0.25, -0.2) is 0 Å². The van der Waals surface area contributed by atoms with Crippen molar-refractivity contribution in [2.75, 3.05) is 30.9 Å². The van der Waals surface area contributed by atoms with E-state index in [2.05, 4.69) is 15.6 Å². The van der Waals surface area contributed by atoms with Crippen molar-refractivity contribution in [3.8, 4) is 11.3 Å². The molecule has 0 aliphatic carbocycles. The molecule has 1 aromatic heterocycles. The molecule has 1 heterocycles. The highest BCUT2D eigenvalue weighted by molar-refractivity contribution is 6.33. The van der Waals surface area contributed by atoms with E-state index in [-0.39, 0.29) is 11.3 Å². The molecule has 168 valence electrons. The van der Waals surface area contributed by atoms with Crippen LogP contribution < -0.4 is 10.6 Å². The number of anilines is 2. The zero-order valence-electron chi connectivity index (χ0n) is 16.8. The number of methoxy groups -OCH3 is 1. The summed E-state index contributed by atoms with van der Waals surface area (Å²) in [6, 6.07) is 11.5. The van der Waals surface area contributed by atoms with Crippen LogP contribution in [-0.2, 0) is 10.9 Å². The van der Waals surface area contributed by atoms with Crippen LogP contribution in [0.3, 0.4) is 0 Å². The smallest absolute Gasteiger partial charge is 0.383 e. The maximum Gasteiger partial charge on any atom is 0.417 e. The predicted molar refractivity (Wildman–Crippen MR) is 119 cm³/mol. The van der Waals surface area contributed by atoms with Crippen LogP contribution in [0.25, 0.3) is 11.3 Å². The number of nitrogens with zero attached hydrogens (tertiary/aromatic N) is 1. The normalized spacial score (nSPS) is 11.3. The molecule has 5 nitrogen and oxygen atoms in total. The van der Waals surface area contributed by atoms with Gasteiger partial charge >= 0.3 is 6.18 Å². The summed E-state index contributed by atoms with van der Waals surface area (Å²) < 4.78 is 44.4. The van der Waals surface area contributed by atoms with E-state index in [1.165, 1.54) is 13.2 Å². The number of aromatic nitrogens is 1. The largest absolute Gasteiger partial charge is 0.417 e. The number of nitrogens with one attached hydrogen (secondary N) is 2. The zero-order valence-corrected chi connectivity index (χ0v) is 18.3. The molecule has 0 fully saturated rings. The van der Waals surface area contributed by atoms with E-state index in [0.717, 1.165) is 12.1 Å². The number of carbonyl (C=O) groups is 1. The highest BCUT2D eigenvalue weighted by atomic mass is 35.5. The molecule has 0 saturated carbocycles. The van der Waals surface area contributed by atoms with Gasteiger partial charge in [0.1, 0.15) is 0 Å². The molecular weight excluding hydrogens is 466 g/mol. The van der Waals surface area contributed by atoms with Gasteiger partial charge in [0.15, 0.2) is 0 Å². The average Bonchev–Trinajstić information content (AvgIpc) is 2.74. The van der Waals surface area contributed by atoms with Crippen LogP contribution in [-0.4, -0.2) is 31.2 Å².